The number of allylic oxidation sites excluding steroid dienone is 5. The highest BCUT2D eigenvalue weighted by Gasteiger charge is 2.35. The highest BCUT2D eigenvalue weighted by Crippen LogP contribution is 2.44. The minimum Gasteiger partial charge on any atom is -0.384 e. The van der Waals surface area contributed by atoms with Crippen LogP contribution in [0.5, 0.6) is 0 Å². The lowest BCUT2D eigenvalue weighted by atomic mass is 9.68. The van der Waals surface area contributed by atoms with E-state index in [2.05, 4.69) is 90.8 Å². The van der Waals surface area contributed by atoms with E-state index in [0.29, 0.717) is 23.8 Å². The summed E-state index contributed by atoms with van der Waals surface area (Å²) in [5.41, 5.74) is 9.50. The lowest BCUT2D eigenvalue weighted by molar-refractivity contribution is 0.128. The monoisotopic (exact) mass is 714 g/mol. The second-order valence-corrected chi connectivity index (χ2v) is 18.4. The molecule has 1 heterocycles. The Hall–Kier alpha value is -2.78. The van der Waals surface area contributed by atoms with Crippen molar-refractivity contribution in [3.63, 3.8) is 0 Å². The van der Waals surface area contributed by atoms with Crippen LogP contribution in [0.3, 0.4) is 0 Å². The van der Waals surface area contributed by atoms with E-state index in [1.54, 1.807) is 27.2 Å². The lowest BCUT2D eigenvalue weighted by Gasteiger charge is -2.42. The summed E-state index contributed by atoms with van der Waals surface area (Å²) in [5.74, 6) is 5.54. The van der Waals surface area contributed by atoms with Crippen LogP contribution in [0.25, 0.3) is 11.1 Å². The molecule has 3 saturated carbocycles. The molecule has 0 saturated heterocycles. The molecule has 3 nitrogen and oxygen atoms in total. The Morgan fingerprint density at radius 3 is 2.40 bits per heavy atom. The van der Waals surface area contributed by atoms with E-state index in [1.807, 2.05) is 0 Å². The van der Waals surface area contributed by atoms with Gasteiger partial charge in [0.2, 0.25) is 0 Å². The van der Waals surface area contributed by atoms with Gasteiger partial charge >= 0.3 is 0 Å². The lowest BCUT2D eigenvalue weighted by Crippen LogP contribution is -2.44. The summed E-state index contributed by atoms with van der Waals surface area (Å²) in [6.45, 7) is 6.80. The average molecular weight is 714 g/mol. The van der Waals surface area contributed by atoms with Crippen molar-refractivity contribution in [3.05, 3.63) is 93.8 Å². The summed E-state index contributed by atoms with van der Waals surface area (Å²) in [5, 5.41) is 14.2. The first kappa shape index (κ1) is 37.2. The highest BCUT2D eigenvalue weighted by atomic mass is 15.0. The third-order valence-corrected chi connectivity index (χ3v) is 15.1. The first-order valence-electron chi connectivity index (χ1n) is 22.7. The van der Waals surface area contributed by atoms with E-state index in [0.717, 1.165) is 49.6 Å². The largest absolute Gasteiger partial charge is 0.384 e. The molecule has 0 bridgehead atoms. The Kier molecular flexibility index (Phi) is 12.5. The van der Waals surface area contributed by atoms with E-state index in [1.165, 1.54) is 132 Å². The van der Waals surface area contributed by atoms with Gasteiger partial charge in [-0.15, -0.1) is 0 Å². The molecule has 53 heavy (non-hydrogen) atoms. The van der Waals surface area contributed by atoms with Gasteiger partial charge in [-0.25, -0.2) is 0 Å². The molecular formula is C50H71N3. The Morgan fingerprint density at radius 2 is 1.58 bits per heavy atom. The molecule has 7 aliphatic rings. The molecule has 1 aromatic carbocycles. The number of benzene rings is 1. The zero-order chi connectivity index (χ0) is 36.0. The first-order valence-corrected chi connectivity index (χ1v) is 22.7. The number of hydrogen-bond donors (Lipinski definition) is 3. The molecule has 0 radical (unpaired) electrons. The van der Waals surface area contributed by atoms with Crippen molar-refractivity contribution < 1.29 is 0 Å². The van der Waals surface area contributed by atoms with Crippen LogP contribution in [-0.4, -0.2) is 19.1 Å². The summed E-state index contributed by atoms with van der Waals surface area (Å²) in [6, 6.07) is 10.2. The van der Waals surface area contributed by atoms with Gasteiger partial charge in [-0.2, -0.15) is 0 Å². The fourth-order valence-corrected chi connectivity index (χ4v) is 12.0. The zero-order valence-electron chi connectivity index (χ0n) is 33.4. The normalized spacial score (nSPS) is 32.3. The first-order chi connectivity index (χ1) is 26.1. The Balaban J connectivity index is 1.01. The standard InChI is InChI=1S/C50H71N3/c1-3-11-42(31-52-44-33-51-34-44)43(32-53-50-19-10-15-38-13-6-7-16-47(38)50)21-20-35(2)45-28-29-46(49-18-9-8-17-48(45)49)39-25-22-37(23-26-39)41-27-24-36-12-4-5-14-40(36)30-41/h8-9,17-18,21-22,25,30-31,33,35-40,47,50-53H,3-7,10-16,19-20,23-24,26-29,32,34H2,1-2H3/b42-31+,43-21+. The second-order valence-electron chi connectivity index (χ2n) is 18.4. The maximum absolute atomic E-state index is 4.19. The van der Waals surface area contributed by atoms with Crippen LogP contribution in [0, 0.1) is 41.4 Å². The van der Waals surface area contributed by atoms with E-state index < -0.39 is 0 Å². The molecule has 3 heteroatoms. The molecule has 0 amide bonds. The van der Waals surface area contributed by atoms with Gasteiger partial charge < -0.3 is 16.0 Å². The van der Waals surface area contributed by atoms with E-state index in [-0.39, 0.29) is 0 Å². The summed E-state index contributed by atoms with van der Waals surface area (Å²) in [7, 11) is 0. The van der Waals surface area contributed by atoms with Crippen molar-refractivity contribution in [3.8, 4) is 0 Å². The van der Waals surface area contributed by atoms with Crippen LogP contribution in [0.2, 0.25) is 0 Å². The van der Waals surface area contributed by atoms with Crippen LogP contribution in [0.15, 0.2) is 83.4 Å². The number of hydrogen-bond acceptors (Lipinski definition) is 3. The quantitative estimate of drug-likeness (QED) is 0.141. The van der Waals surface area contributed by atoms with E-state index in [9.17, 15) is 0 Å². The van der Waals surface area contributed by atoms with Gasteiger partial charge in [0.25, 0.3) is 0 Å². The van der Waals surface area contributed by atoms with Gasteiger partial charge in [-0.1, -0.05) is 131 Å². The molecule has 0 aromatic heterocycles. The third-order valence-electron chi connectivity index (χ3n) is 15.1. The molecule has 286 valence electrons. The molecule has 3 N–H and O–H groups in total. The molecule has 8 unspecified atom stereocenters. The molecular weight excluding hydrogens is 643 g/mol. The van der Waals surface area contributed by atoms with Crippen LogP contribution in [0.1, 0.15) is 142 Å². The minimum atomic E-state index is 0.535. The fourth-order valence-electron chi connectivity index (χ4n) is 12.0. The number of rotatable bonds is 13. The summed E-state index contributed by atoms with van der Waals surface area (Å²) in [6.07, 6.45) is 42.3. The van der Waals surface area contributed by atoms with Gasteiger partial charge in [0.15, 0.2) is 0 Å². The second kappa shape index (κ2) is 17.8. The smallest absolute Gasteiger partial charge is 0.0561 e. The van der Waals surface area contributed by atoms with E-state index >= 15 is 0 Å². The summed E-state index contributed by atoms with van der Waals surface area (Å²) >= 11 is 0. The van der Waals surface area contributed by atoms with Crippen LogP contribution in [0.4, 0.5) is 0 Å². The van der Waals surface area contributed by atoms with Crippen LogP contribution in [-0.2, 0) is 0 Å². The molecule has 6 aliphatic carbocycles. The van der Waals surface area contributed by atoms with Crippen LogP contribution >= 0.6 is 0 Å². The van der Waals surface area contributed by atoms with Crippen molar-refractivity contribution >= 4 is 11.1 Å². The Bertz CT molecular complexity index is 1700. The predicted octanol–water partition coefficient (Wildman–Crippen LogP) is 10.5. The third kappa shape index (κ3) is 8.71. The number of fused-ring (bicyclic) bond motifs is 3. The zero-order valence-corrected chi connectivity index (χ0v) is 33.4. The Labute approximate surface area is 322 Å². The van der Waals surface area contributed by atoms with Crippen molar-refractivity contribution in [1.29, 1.82) is 0 Å². The highest BCUT2D eigenvalue weighted by molar-refractivity contribution is 5.62. The molecule has 8 rings (SSSR count). The van der Waals surface area contributed by atoms with Crippen molar-refractivity contribution in [2.45, 2.75) is 148 Å². The molecule has 8 atom stereocenters. The summed E-state index contributed by atoms with van der Waals surface area (Å²) in [4.78, 5) is 0. The molecule has 1 aliphatic heterocycles. The van der Waals surface area contributed by atoms with E-state index in [4.69, 9.17) is 0 Å². The maximum atomic E-state index is 4.19. The fraction of sp³-hybridized carbons (Fsp3) is 0.640. The molecule has 3 fully saturated rings. The number of nitrogens with one attached hydrogen (secondary N) is 3. The molecule has 1 aromatic rings. The predicted molar refractivity (Wildman–Crippen MR) is 225 cm³/mol. The van der Waals surface area contributed by atoms with Gasteiger partial charge in [-0.05, 0) is 140 Å². The SMILES string of the molecule is CCCC(=C\NC1=CNC1)/C(=C/CC(C)C1=c2ccccc2=C(C2C=CC(C3=CC4CCCCC4CC3)CC2)CC1)CNC1CCCC2CCCCC21. The maximum Gasteiger partial charge on any atom is 0.0561 e. The van der Waals surface area contributed by atoms with Gasteiger partial charge in [-0.3, -0.25) is 0 Å². The topological polar surface area (TPSA) is 36.1 Å². The van der Waals surface area contributed by atoms with Crippen molar-refractivity contribution in [2.24, 2.45) is 41.4 Å². The van der Waals surface area contributed by atoms with Crippen molar-refractivity contribution in [2.75, 3.05) is 13.1 Å². The van der Waals surface area contributed by atoms with Crippen molar-refractivity contribution in [1.82, 2.24) is 16.0 Å². The Morgan fingerprint density at radius 1 is 0.811 bits per heavy atom. The average Bonchev–Trinajstić information content (AvgIpc) is 3.19. The summed E-state index contributed by atoms with van der Waals surface area (Å²) < 4.78 is 0. The molecule has 0 spiro atoms. The van der Waals surface area contributed by atoms with Gasteiger partial charge in [0.05, 0.1) is 12.2 Å². The van der Waals surface area contributed by atoms with Crippen LogP contribution < -0.4 is 26.4 Å². The minimum absolute atomic E-state index is 0.535. The van der Waals surface area contributed by atoms with Gasteiger partial charge in [0.1, 0.15) is 0 Å². The van der Waals surface area contributed by atoms with Gasteiger partial charge in [0, 0.05) is 25.0 Å².